The highest BCUT2D eigenvalue weighted by Crippen LogP contribution is 2.46. The van der Waals surface area contributed by atoms with Crippen LogP contribution >= 0.6 is 23.5 Å². The van der Waals surface area contributed by atoms with Crippen LogP contribution in [0.1, 0.15) is 134 Å². The number of aryl methyl sites for hydroxylation is 1. The van der Waals surface area contributed by atoms with E-state index < -0.39 is 0 Å². The zero-order chi connectivity index (χ0) is 41.3. The molecule has 5 aromatic rings. The van der Waals surface area contributed by atoms with Crippen LogP contribution in [0.25, 0.3) is 43.2 Å². The molecule has 0 saturated heterocycles. The maximum Gasteiger partial charge on any atom is 0.0243 e. The molecule has 0 bridgehead atoms. The molecule has 308 valence electrons. The summed E-state index contributed by atoms with van der Waals surface area (Å²) in [6, 6.07) is 33.0. The second-order valence-corrected chi connectivity index (χ2v) is 20.9. The molecule has 0 saturated carbocycles. The second kappa shape index (κ2) is 20.7. The van der Waals surface area contributed by atoms with Crippen molar-refractivity contribution < 1.29 is 0 Å². The van der Waals surface area contributed by atoms with Crippen molar-refractivity contribution in [3.63, 3.8) is 0 Å². The summed E-state index contributed by atoms with van der Waals surface area (Å²) in [5, 5.41) is 5.19. The van der Waals surface area contributed by atoms with Crippen molar-refractivity contribution in [1.82, 2.24) is 0 Å². The fourth-order valence-corrected chi connectivity index (χ4v) is 11.1. The van der Waals surface area contributed by atoms with Gasteiger partial charge >= 0.3 is 0 Å². The van der Waals surface area contributed by atoms with Gasteiger partial charge in [0.15, 0.2) is 0 Å². The van der Waals surface area contributed by atoms with E-state index in [0.29, 0.717) is 0 Å². The fourth-order valence-electron chi connectivity index (χ4n) is 8.89. The molecule has 0 aromatic heterocycles. The maximum atomic E-state index is 4.65. The Bertz CT molecular complexity index is 2310. The minimum Gasteiger partial charge on any atom is -0.121 e. The molecule has 2 atom stereocenters. The predicted molar refractivity (Wildman–Crippen MR) is 265 cm³/mol. The van der Waals surface area contributed by atoms with Gasteiger partial charge in [-0.3, -0.25) is 0 Å². The smallest absolute Gasteiger partial charge is 0.0243 e. The first-order chi connectivity index (χ1) is 28.6. The lowest BCUT2D eigenvalue weighted by Crippen LogP contribution is -1.99. The molecule has 2 unspecified atom stereocenters. The van der Waals surface area contributed by atoms with Gasteiger partial charge in [0.25, 0.3) is 0 Å². The van der Waals surface area contributed by atoms with Crippen molar-refractivity contribution in [3.05, 3.63) is 144 Å². The molecule has 7 rings (SSSR count). The molecular formula is C57H68S2. The molecule has 1 aliphatic carbocycles. The van der Waals surface area contributed by atoms with E-state index in [-0.39, 0.29) is 0 Å². The van der Waals surface area contributed by atoms with Crippen LogP contribution < -0.4 is 0 Å². The van der Waals surface area contributed by atoms with Gasteiger partial charge in [0.1, 0.15) is 0 Å². The van der Waals surface area contributed by atoms with Crippen LogP contribution in [-0.4, -0.2) is 0 Å². The zero-order valence-electron chi connectivity index (χ0n) is 36.9. The summed E-state index contributed by atoms with van der Waals surface area (Å²) in [5.41, 5.74) is 10.9. The van der Waals surface area contributed by atoms with Gasteiger partial charge in [-0.25, -0.2) is 0 Å². The van der Waals surface area contributed by atoms with E-state index in [2.05, 4.69) is 157 Å². The van der Waals surface area contributed by atoms with E-state index in [1.54, 1.807) is 0 Å². The topological polar surface area (TPSA) is 0 Å². The van der Waals surface area contributed by atoms with Gasteiger partial charge in [-0.05, 0) is 153 Å². The summed E-state index contributed by atoms with van der Waals surface area (Å²) in [6.45, 7) is 18.9. The van der Waals surface area contributed by atoms with Crippen molar-refractivity contribution in [3.8, 4) is 11.1 Å². The Balaban J connectivity index is 1.00. The first kappa shape index (κ1) is 43.4. The molecule has 0 N–H and O–H groups in total. The predicted octanol–water partition coefficient (Wildman–Crippen LogP) is 18.3. The van der Waals surface area contributed by atoms with E-state index in [0.717, 1.165) is 40.8 Å². The lowest BCUT2D eigenvalue weighted by molar-refractivity contribution is 0.427. The Labute approximate surface area is 366 Å². The summed E-state index contributed by atoms with van der Waals surface area (Å²) in [5.74, 6) is 4.20. The van der Waals surface area contributed by atoms with Crippen molar-refractivity contribution >= 4 is 55.5 Å². The minimum absolute atomic E-state index is 0.790. The highest BCUT2D eigenvalue weighted by molar-refractivity contribution is 8.08. The molecular weight excluding hydrogens is 749 g/mol. The van der Waals surface area contributed by atoms with Gasteiger partial charge in [0.2, 0.25) is 0 Å². The van der Waals surface area contributed by atoms with E-state index >= 15 is 0 Å². The SMILES string of the molecule is C=C1Sc2cc3cc(-c4ccc(CCC(C)CCCC(C)C)cc4)ccc3cc2CSc2cc3cc(C4=CC=C(CCCC(C)CCCC(C)C)C=CC4)ccc3cc21. The summed E-state index contributed by atoms with van der Waals surface area (Å²) >= 11 is 3.79. The molecule has 0 amide bonds. The number of allylic oxidation sites excluding steroid dienone is 6. The number of fused-ring (bicyclic) bond motifs is 4. The highest BCUT2D eigenvalue weighted by Gasteiger charge is 2.18. The molecule has 0 spiro atoms. The molecule has 1 heterocycles. The van der Waals surface area contributed by atoms with Crippen LogP contribution in [-0.2, 0) is 12.2 Å². The minimum atomic E-state index is 0.790. The number of hydrogen-bond donors (Lipinski definition) is 0. The van der Waals surface area contributed by atoms with E-state index in [1.807, 2.05) is 23.5 Å². The molecule has 0 radical (unpaired) electrons. The standard InChI is InChI=1S/C57H68S2/c1-39(2)12-8-14-41(5)16-10-17-44-18-11-19-46(25-22-44)48-29-31-51-35-55-43(7)59-56-36-52-33-49(28-30-50(52)34-54(56)38-58-57(55)37-53(51)32-48)47-26-23-45(24-27-47)21-20-42(6)15-9-13-40(3)4/h11,18,22-37,39-42H,7-10,12-17,19-21,38H2,1-6H3. The van der Waals surface area contributed by atoms with Crippen LogP contribution in [0.15, 0.2) is 131 Å². The molecule has 59 heavy (non-hydrogen) atoms. The normalized spacial score (nSPS) is 15.4. The molecule has 5 aromatic carbocycles. The quantitative estimate of drug-likeness (QED) is 0.0917. The van der Waals surface area contributed by atoms with Gasteiger partial charge in [-0.2, -0.15) is 0 Å². The number of thioether (sulfide) groups is 2. The Hall–Kier alpha value is -3.72. The van der Waals surface area contributed by atoms with E-state index in [1.165, 1.54) is 146 Å². The first-order valence-electron chi connectivity index (χ1n) is 22.9. The largest absolute Gasteiger partial charge is 0.121 e. The average molecular weight is 817 g/mol. The van der Waals surface area contributed by atoms with Gasteiger partial charge in [-0.1, -0.05) is 178 Å². The van der Waals surface area contributed by atoms with Crippen LogP contribution in [0.4, 0.5) is 0 Å². The number of benzene rings is 5. The first-order valence-corrected chi connectivity index (χ1v) is 24.7. The Morgan fingerprint density at radius 2 is 1.19 bits per heavy atom. The highest BCUT2D eigenvalue weighted by atomic mass is 32.2. The van der Waals surface area contributed by atoms with Crippen molar-refractivity contribution in [2.24, 2.45) is 23.7 Å². The zero-order valence-corrected chi connectivity index (χ0v) is 38.6. The van der Waals surface area contributed by atoms with Crippen molar-refractivity contribution in [2.75, 3.05) is 0 Å². The third-order valence-corrected chi connectivity index (χ3v) is 14.9. The molecule has 1 aliphatic heterocycles. The van der Waals surface area contributed by atoms with Gasteiger partial charge < -0.3 is 0 Å². The second-order valence-electron chi connectivity index (χ2n) is 18.8. The lowest BCUT2D eigenvalue weighted by Gasteiger charge is -2.20. The maximum absolute atomic E-state index is 4.65. The van der Waals surface area contributed by atoms with Gasteiger partial charge in [-0.15, -0.1) is 11.8 Å². The monoisotopic (exact) mass is 816 g/mol. The van der Waals surface area contributed by atoms with Crippen molar-refractivity contribution in [1.29, 1.82) is 0 Å². The summed E-state index contributed by atoms with van der Waals surface area (Å²) in [6.07, 6.45) is 24.8. The van der Waals surface area contributed by atoms with E-state index in [4.69, 9.17) is 0 Å². The Morgan fingerprint density at radius 3 is 1.92 bits per heavy atom. The summed E-state index contributed by atoms with van der Waals surface area (Å²) < 4.78 is 0. The van der Waals surface area contributed by atoms with Crippen molar-refractivity contribution in [2.45, 2.75) is 134 Å². The molecule has 2 aliphatic rings. The third kappa shape index (κ3) is 12.0. The van der Waals surface area contributed by atoms with Crippen LogP contribution in [0.3, 0.4) is 0 Å². The molecule has 2 heteroatoms. The third-order valence-electron chi connectivity index (χ3n) is 12.7. The number of rotatable bonds is 17. The Kier molecular flexibility index (Phi) is 15.2. The van der Waals surface area contributed by atoms with Crippen LogP contribution in [0.5, 0.6) is 0 Å². The van der Waals surface area contributed by atoms with Gasteiger partial charge in [0, 0.05) is 26.0 Å². The van der Waals surface area contributed by atoms with Crippen LogP contribution in [0, 0.1) is 23.7 Å². The summed E-state index contributed by atoms with van der Waals surface area (Å²) in [4.78, 5) is 3.77. The fraction of sp³-hybridized carbons (Fsp3) is 0.404. The molecule has 0 fully saturated rings. The Morgan fingerprint density at radius 1 is 0.559 bits per heavy atom. The van der Waals surface area contributed by atoms with Gasteiger partial charge in [0.05, 0.1) is 0 Å². The van der Waals surface area contributed by atoms with Crippen LogP contribution in [0.2, 0.25) is 0 Å². The average Bonchev–Trinajstić information content (AvgIpc) is 3.46. The summed E-state index contributed by atoms with van der Waals surface area (Å²) in [7, 11) is 0. The lowest BCUT2D eigenvalue weighted by atomic mass is 9.93. The number of hydrogen-bond acceptors (Lipinski definition) is 2. The molecule has 0 nitrogen and oxygen atoms in total. The van der Waals surface area contributed by atoms with E-state index in [9.17, 15) is 0 Å².